The first-order valence-corrected chi connectivity index (χ1v) is 9.05. The SMILES string of the molecule is CCCCN(C)c1ccc(C(=O)N(Cc2ccccc2)C(C)C)cn1. The Hall–Kier alpha value is -2.36. The summed E-state index contributed by atoms with van der Waals surface area (Å²) in [5.74, 6) is 0.929. The number of carbonyl (C=O) groups excluding carboxylic acids is 1. The Labute approximate surface area is 151 Å². The van der Waals surface area contributed by atoms with Crippen LogP contribution in [0.4, 0.5) is 5.82 Å². The number of aromatic nitrogens is 1. The Balaban J connectivity index is 2.11. The van der Waals surface area contributed by atoms with E-state index >= 15 is 0 Å². The van der Waals surface area contributed by atoms with Gasteiger partial charge in [0.15, 0.2) is 0 Å². The zero-order valence-corrected chi connectivity index (χ0v) is 15.8. The molecule has 0 aliphatic carbocycles. The van der Waals surface area contributed by atoms with Crippen LogP contribution in [0.2, 0.25) is 0 Å². The standard InChI is InChI=1S/C21H29N3O/c1-5-6-14-23(4)20-13-12-19(15-22-20)21(25)24(17(2)3)16-18-10-8-7-9-11-18/h7-13,15,17H,5-6,14,16H2,1-4H3. The maximum atomic E-state index is 12.9. The van der Waals surface area contributed by atoms with E-state index in [1.54, 1.807) is 6.20 Å². The Morgan fingerprint density at radius 3 is 2.40 bits per heavy atom. The Kier molecular flexibility index (Phi) is 6.99. The first kappa shape index (κ1) is 19.0. The molecule has 0 unspecified atom stereocenters. The number of unbranched alkanes of at least 4 members (excludes halogenated alkanes) is 1. The van der Waals surface area contributed by atoms with Crippen LogP contribution in [0.15, 0.2) is 48.7 Å². The van der Waals surface area contributed by atoms with Crippen molar-refractivity contribution in [3.8, 4) is 0 Å². The Morgan fingerprint density at radius 2 is 1.84 bits per heavy atom. The molecule has 0 aliphatic rings. The van der Waals surface area contributed by atoms with Gasteiger partial charge >= 0.3 is 0 Å². The topological polar surface area (TPSA) is 36.4 Å². The highest BCUT2D eigenvalue weighted by Crippen LogP contribution is 2.15. The monoisotopic (exact) mass is 339 g/mol. The number of anilines is 1. The van der Waals surface area contributed by atoms with Crippen LogP contribution in [-0.2, 0) is 6.54 Å². The van der Waals surface area contributed by atoms with Crippen molar-refractivity contribution in [3.05, 3.63) is 59.8 Å². The van der Waals surface area contributed by atoms with Crippen LogP contribution in [0.3, 0.4) is 0 Å². The van der Waals surface area contributed by atoms with Crippen molar-refractivity contribution >= 4 is 11.7 Å². The second-order valence-corrected chi connectivity index (χ2v) is 6.69. The fourth-order valence-corrected chi connectivity index (χ4v) is 2.68. The van der Waals surface area contributed by atoms with Crippen molar-refractivity contribution in [3.63, 3.8) is 0 Å². The maximum Gasteiger partial charge on any atom is 0.255 e. The zero-order chi connectivity index (χ0) is 18.2. The summed E-state index contributed by atoms with van der Waals surface area (Å²) in [5, 5.41) is 0. The number of nitrogens with zero attached hydrogens (tertiary/aromatic N) is 3. The van der Waals surface area contributed by atoms with Crippen molar-refractivity contribution in [2.45, 2.75) is 46.2 Å². The van der Waals surface area contributed by atoms with Gasteiger partial charge in [-0.3, -0.25) is 4.79 Å². The van der Waals surface area contributed by atoms with Gasteiger partial charge in [0, 0.05) is 32.4 Å². The first-order chi connectivity index (χ1) is 12.0. The lowest BCUT2D eigenvalue weighted by molar-refractivity contribution is 0.0690. The molecule has 0 aliphatic heterocycles. The van der Waals surface area contributed by atoms with Crippen molar-refractivity contribution in [2.75, 3.05) is 18.5 Å². The first-order valence-electron chi connectivity index (χ1n) is 9.05. The highest BCUT2D eigenvalue weighted by atomic mass is 16.2. The van der Waals surface area contributed by atoms with Gasteiger partial charge in [-0.2, -0.15) is 0 Å². The van der Waals surface area contributed by atoms with E-state index in [-0.39, 0.29) is 11.9 Å². The predicted molar refractivity (Wildman–Crippen MR) is 104 cm³/mol. The molecule has 0 bridgehead atoms. The minimum atomic E-state index is 0.0223. The molecule has 25 heavy (non-hydrogen) atoms. The van der Waals surface area contributed by atoms with Crippen LogP contribution >= 0.6 is 0 Å². The van der Waals surface area contributed by atoms with Gasteiger partial charge in [-0.15, -0.1) is 0 Å². The molecule has 1 aromatic carbocycles. The molecule has 0 saturated heterocycles. The summed E-state index contributed by atoms with van der Waals surface area (Å²) in [6.07, 6.45) is 3.99. The normalized spacial score (nSPS) is 10.8. The summed E-state index contributed by atoms with van der Waals surface area (Å²) >= 11 is 0. The van der Waals surface area contributed by atoms with Crippen molar-refractivity contribution < 1.29 is 4.79 Å². The summed E-state index contributed by atoms with van der Waals surface area (Å²) < 4.78 is 0. The van der Waals surface area contributed by atoms with E-state index in [1.165, 1.54) is 0 Å². The van der Waals surface area contributed by atoms with E-state index < -0.39 is 0 Å². The number of carbonyl (C=O) groups is 1. The number of hydrogen-bond acceptors (Lipinski definition) is 3. The Morgan fingerprint density at radius 1 is 1.12 bits per heavy atom. The van der Waals surface area contributed by atoms with Crippen LogP contribution in [0.25, 0.3) is 0 Å². The average Bonchev–Trinajstić information content (AvgIpc) is 2.64. The smallest absolute Gasteiger partial charge is 0.255 e. The third kappa shape index (κ3) is 5.31. The minimum absolute atomic E-state index is 0.0223. The molecule has 0 spiro atoms. The van der Waals surface area contributed by atoms with Gasteiger partial charge < -0.3 is 9.80 Å². The van der Waals surface area contributed by atoms with E-state index in [1.807, 2.05) is 68.3 Å². The summed E-state index contributed by atoms with van der Waals surface area (Å²) in [4.78, 5) is 21.4. The molecule has 0 saturated carbocycles. The summed E-state index contributed by atoms with van der Waals surface area (Å²) in [6, 6.07) is 14.0. The van der Waals surface area contributed by atoms with E-state index in [0.717, 1.165) is 30.8 Å². The average molecular weight is 339 g/mol. The molecular formula is C21H29N3O. The maximum absolute atomic E-state index is 12.9. The lowest BCUT2D eigenvalue weighted by Crippen LogP contribution is -2.36. The van der Waals surface area contributed by atoms with E-state index in [9.17, 15) is 4.79 Å². The molecule has 0 radical (unpaired) electrons. The van der Waals surface area contributed by atoms with E-state index in [4.69, 9.17) is 0 Å². The molecule has 4 heteroatoms. The van der Waals surface area contributed by atoms with Crippen LogP contribution in [0.1, 0.15) is 49.5 Å². The number of benzene rings is 1. The lowest BCUT2D eigenvalue weighted by atomic mass is 10.1. The van der Waals surface area contributed by atoms with Crippen LogP contribution < -0.4 is 4.90 Å². The fourth-order valence-electron chi connectivity index (χ4n) is 2.68. The predicted octanol–water partition coefficient (Wildman–Crippen LogP) is 4.37. The molecule has 0 N–H and O–H groups in total. The second-order valence-electron chi connectivity index (χ2n) is 6.69. The summed E-state index contributed by atoms with van der Waals surface area (Å²) in [5.41, 5.74) is 1.77. The largest absolute Gasteiger partial charge is 0.360 e. The van der Waals surface area contributed by atoms with Gasteiger partial charge in [-0.05, 0) is 38.0 Å². The van der Waals surface area contributed by atoms with Gasteiger partial charge in [-0.25, -0.2) is 4.98 Å². The highest BCUT2D eigenvalue weighted by molar-refractivity contribution is 5.94. The number of pyridine rings is 1. The fraction of sp³-hybridized carbons (Fsp3) is 0.429. The van der Waals surface area contributed by atoms with Gasteiger partial charge in [-0.1, -0.05) is 43.7 Å². The molecular weight excluding hydrogens is 310 g/mol. The molecule has 0 fully saturated rings. The number of rotatable bonds is 8. The molecule has 1 amide bonds. The number of amides is 1. The molecule has 1 aromatic heterocycles. The summed E-state index contributed by atoms with van der Waals surface area (Å²) in [6.45, 7) is 7.84. The van der Waals surface area contributed by atoms with Crippen LogP contribution in [-0.4, -0.2) is 35.4 Å². The van der Waals surface area contributed by atoms with Crippen molar-refractivity contribution in [1.82, 2.24) is 9.88 Å². The quantitative estimate of drug-likeness (QED) is 0.716. The number of hydrogen-bond donors (Lipinski definition) is 0. The molecule has 2 aromatic rings. The van der Waals surface area contributed by atoms with Crippen molar-refractivity contribution in [1.29, 1.82) is 0 Å². The van der Waals surface area contributed by atoms with Gasteiger partial charge in [0.1, 0.15) is 5.82 Å². The molecule has 0 atom stereocenters. The van der Waals surface area contributed by atoms with E-state index in [0.29, 0.717) is 12.1 Å². The van der Waals surface area contributed by atoms with Crippen LogP contribution in [0, 0.1) is 0 Å². The van der Waals surface area contributed by atoms with Crippen molar-refractivity contribution in [2.24, 2.45) is 0 Å². The minimum Gasteiger partial charge on any atom is -0.360 e. The lowest BCUT2D eigenvalue weighted by Gasteiger charge is -2.27. The Bertz CT molecular complexity index is 653. The van der Waals surface area contributed by atoms with E-state index in [2.05, 4.69) is 16.8 Å². The molecule has 4 nitrogen and oxygen atoms in total. The van der Waals surface area contributed by atoms with Gasteiger partial charge in [0.25, 0.3) is 5.91 Å². The van der Waals surface area contributed by atoms with Crippen LogP contribution in [0.5, 0.6) is 0 Å². The third-order valence-electron chi connectivity index (χ3n) is 4.31. The third-order valence-corrected chi connectivity index (χ3v) is 4.31. The highest BCUT2D eigenvalue weighted by Gasteiger charge is 2.19. The molecule has 2 rings (SSSR count). The molecule has 134 valence electrons. The zero-order valence-electron chi connectivity index (χ0n) is 15.8. The van der Waals surface area contributed by atoms with Gasteiger partial charge in [0.2, 0.25) is 0 Å². The van der Waals surface area contributed by atoms with Gasteiger partial charge in [0.05, 0.1) is 5.56 Å². The molecule has 1 heterocycles. The second kappa shape index (κ2) is 9.21. The summed E-state index contributed by atoms with van der Waals surface area (Å²) in [7, 11) is 2.04.